The minimum Gasteiger partial charge on any atom is -0.262 e. The SMILES string of the molecule is C=CC(NCCCCCCNC(C=C)[N+](=O)[O-])[N+](=O)[O-]. The van der Waals surface area contributed by atoms with Gasteiger partial charge in [0.05, 0.1) is 0 Å². The summed E-state index contributed by atoms with van der Waals surface area (Å²) in [6.07, 6.45) is 4.18. The van der Waals surface area contributed by atoms with Gasteiger partial charge in [0.25, 0.3) is 12.3 Å². The minimum absolute atomic E-state index is 0.427. The Hall–Kier alpha value is -1.80. The Morgan fingerprint density at radius 2 is 1.20 bits per heavy atom. The number of nitrogens with zero attached hydrogens (tertiary/aromatic N) is 2. The fourth-order valence-electron chi connectivity index (χ4n) is 1.59. The molecule has 0 aromatic rings. The molecule has 0 heterocycles. The third-order valence-corrected chi connectivity index (χ3v) is 2.71. The van der Waals surface area contributed by atoms with Crippen molar-refractivity contribution in [2.24, 2.45) is 0 Å². The van der Waals surface area contributed by atoms with E-state index in [-0.39, 0.29) is 0 Å². The summed E-state index contributed by atoms with van der Waals surface area (Å²) >= 11 is 0. The molecule has 2 unspecified atom stereocenters. The van der Waals surface area contributed by atoms with Gasteiger partial charge >= 0.3 is 0 Å². The molecule has 114 valence electrons. The number of hydrogen-bond donors (Lipinski definition) is 2. The molecule has 2 atom stereocenters. The van der Waals surface area contributed by atoms with Crippen LogP contribution in [0.4, 0.5) is 0 Å². The Kier molecular flexibility index (Phi) is 10.1. The molecule has 0 saturated carbocycles. The number of nitrogens with one attached hydrogen (secondary N) is 2. The van der Waals surface area contributed by atoms with E-state index >= 15 is 0 Å². The first-order valence-corrected chi connectivity index (χ1v) is 6.51. The molecule has 0 aromatic carbocycles. The van der Waals surface area contributed by atoms with Crippen molar-refractivity contribution in [2.75, 3.05) is 13.1 Å². The van der Waals surface area contributed by atoms with Gasteiger partial charge in [0.2, 0.25) is 0 Å². The predicted molar refractivity (Wildman–Crippen MR) is 76.4 cm³/mol. The van der Waals surface area contributed by atoms with Crippen molar-refractivity contribution in [3.05, 3.63) is 45.5 Å². The molecule has 0 bridgehead atoms. The fraction of sp³-hybridized carbons (Fsp3) is 0.667. The second-order valence-corrected chi connectivity index (χ2v) is 4.25. The monoisotopic (exact) mass is 286 g/mol. The van der Waals surface area contributed by atoms with Crippen molar-refractivity contribution in [3.8, 4) is 0 Å². The van der Waals surface area contributed by atoms with E-state index in [2.05, 4.69) is 23.8 Å². The molecule has 0 spiro atoms. The van der Waals surface area contributed by atoms with Crippen LogP contribution in [-0.4, -0.2) is 35.3 Å². The average Bonchev–Trinajstić information content (AvgIpc) is 2.40. The summed E-state index contributed by atoms with van der Waals surface area (Å²) in [5.41, 5.74) is 0. The van der Waals surface area contributed by atoms with Gasteiger partial charge in [-0.3, -0.25) is 30.9 Å². The van der Waals surface area contributed by atoms with Crippen LogP contribution in [0.5, 0.6) is 0 Å². The second-order valence-electron chi connectivity index (χ2n) is 4.25. The molecule has 0 aromatic heterocycles. The van der Waals surface area contributed by atoms with Gasteiger partial charge in [-0.1, -0.05) is 26.0 Å². The molecule has 0 radical (unpaired) electrons. The lowest BCUT2D eigenvalue weighted by Crippen LogP contribution is -2.35. The van der Waals surface area contributed by atoms with E-state index in [0.29, 0.717) is 13.1 Å². The molecule has 0 saturated heterocycles. The van der Waals surface area contributed by atoms with Gasteiger partial charge in [-0.15, -0.1) is 0 Å². The van der Waals surface area contributed by atoms with Crippen LogP contribution >= 0.6 is 0 Å². The topological polar surface area (TPSA) is 110 Å². The van der Waals surface area contributed by atoms with Crippen molar-refractivity contribution in [1.82, 2.24) is 10.6 Å². The number of unbranched alkanes of at least 4 members (excludes halogenated alkanes) is 3. The summed E-state index contributed by atoms with van der Waals surface area (Å²) in [5, 5.41) is 26.5. The third-order valence-electron chi connectivity index (χ3n) is 2.71. The van der Waals surface area contributed by atoms with E-state index < -0.39 is 22.2 Å². The lowest BCUT2D eigenvalue weighted by molar-refractivity contribution is -0.516. The first kappa shape index (κ1) is 18.2. The summed E-state index contributed by atoms with van der Waals surface area (Å²) < 4.78 is 0. The van der Waals surface area contributed by atoms with Crippen LogP contribution in [0.1, 0.15) is 25.7 Å². The molecule has 8 nitrogen and oxygen atoms in total. The molecular weight excluding hydrogens is 264 g/mol. The van der Waals surface area contributed by atoms with Gasteiger partial charge < -0.3 is 0 Å². The zero-order chi connectivity index (χ0) is 15.4. The summed E-state index contributed by atoms with van der Waals surface area (Å²) in [4.78, 5) is 20.1. The maximum Gasteiger partial charge on any atom is 0.284 e. The van der Waals surface area contributed by atoms with Crippen molar-refractivity contribution in [3.63, 3.8) is 0 Å². The van der Waals surface area contributed by atoms with Crippen molar-refractivity contribution in [2.45, 2.75) is 38.0 Å². The van der Waals surface area contributed by atoms with Crippen LogP contribution in [0.25, 0.3) is 0 Å². The summed E-state index contributed by atoms with van der Waals surface area (Å²) in [6.45, 7) is 7.87. The Labute approximate surface area is 118 Å². The second kappa shape index (κ2) is 11.1. The maximum absolute atomic E-state index is 10.5. The van der Waals surface area contributed by atoms with E-state index in [1.807, 2.05) is 0 Å². The molecule has 8 heteroatoms. The highest BCUT2D eigenvalue weighted by Crippen LogP contribution is 1.99. The van der Waals surface area contributed by atoms with Gasteiger partial charge in [-0.05, 0) is 25.0 Å². The van der Waals surface area contributed by atoms with Gasteiger partial charge in [0.1, 0.15) is 0 Å². The van der Waals surface area contributed by atoms with Gasteiger partial charge in [0.15, 0.2) is 0 Å². The van der Waals surface area contributed by atoms with Gasteiger partial charge in [-0.2, -0.15) is 0 Å². The largest absolute Gasteiger partial charge is 0.284 e. The first-order chi connectivity index (χ1) is 9.52. The van der Waals surface area contributed by atoms with Crippen molar-refractivity contribution < 1.29 is 9.85 Å². The highest BCUT2D eigenvalue weighted by molar-refractivity contribution is 4.77. The first-order valence-electron chi connectivity index (χ1n) is 6.51. The molecule has 2 N–H and O–H groups in total. The average molecular weight is 286 g/mol. The third kappa shape index (κ3) is 8.33. The standard InChI is InChI=1S/C12H22N4O4/c1-3-11(15(17)18)13-9-7-5-6-8-10-14-12(4-2)16(19)20/h3-4,11-14H,1-2,5-10H2. The van der Waals surface area contributed by atoms with Crippen molar-refractivity contribution >= 4 is 0 Å². The number of hydrogen-bond acceptors (Lipinski definition) is 6. The smallest absolute Gasteiger partial charge is 0.262 e. The minimum atomic E-state index is -0.898. The molecule has 0 fully saturated rings. The number of rotatable bonds is 13. The molecule has 0 rings (SSSR count). The summed E-state index contributed by atoms with van der Waals surface area (Å²) in [7, 11) is 0. The van der Waals surface area contributed by atoms with E-state index in [1.165, 1.54) is 12.2 Å². The predicted octanol–water partition coefficient (Wildman–Crippen LogP) is 1.30. The van der Waals surface area contributed by atoms with Crippen LogP contribution in [0.2, 0.25) is 0 Å². The zero-order valence-corrected chi connectivity index (χ0v) is 11.5. The Bertz CT molecular complexity index is 303. The summed E-state index contributed by atoms with van der Waals surface area (Å²) in [5.74, 6) is 0. The number of nitro groups is 2. The maximum atomic E-state index is 10.5. The summed E-state index contributed by atoms with van der Waals surface area (Å²) in [6, 6.07) is 0. The molecule has 0 aliphatic heterocycles. The molecule has 20 heavy (non-hydrogen) atoms. The zero-order valence-electron chi connectivity index (χ0n) is 11.5. The normalized spacial score (nSPS) is 13.4. The Balaban J connectivity index is 3.49. The van der Waals surface area contributed by atoms with Crippen LogP contribution in [0, 0.1) is 20.2 Å². The molecule has 0 amide bonds. The molecule has 0 aliphatic rings. The van der Waals surface area contributed by atoms with Crippen LogP contribution in [0.15, 0.2) is 25.3 Å². The lowest BCUT2D eigenvalue weighted by atomic mass is 10.2. The fourth-order valence-corrected chi connectivity index (χ4v) is 1.59. The van der Waals surface area contributed by atoms with E-state index in [9.17, 15) is 20.2 Å². The van der Waals surface area contributed by atoms with E-state index in [0.717, 1.165) is 25.7 Å². The highest BCUT2D eigenvalue weighted by Gasteiger charge is 2.13. The highest BCUT2D eigenvalue weighted by atomic mass is 16.6. The van der Waals surface area contributed by atoms with Gasteiger partial charge in [-0.25, -0.2) is 0 Å². The van der Waals surface area contributed by atoms with Gasteiger partial charge in [0, 0.05) is 22.9 Å². The van der Waals surface area contributed by atoms with Crippen LogP contribution in [0.3, 0.4) is 0 Å². The Morgan fingerprint density at radius 3 is 1.45 bits per heavy atom. The lowest BCUT2D eigenvalue weighted by Gasteiger charge is -2.08. The Morgan fingerprint density at radius 1 is 0.850 bits per heavy atom. The van der Waals surface area contributed by atoms with E-state index in [4.69, 9.17) is 0 Å². The van der Waals surface area contributed by atoms with Crippen molar-refractivity contribution in [1.29, 1.82) is 0 Å². The van der Waals surface area contributed by atoms with Crippen LogP contribution < -0.4 is 10.6 Å². The quantitative estimate of drug-likeness (QED) is 0.174. The molecule has 0 aliphatic carbocycles. The molecular formula is C12H22N4O4. The van der Waals surface area contributed by atoms with E-state index in [1.54, 1.807) is 0 Å². The van der Waals surface area contributed by atoms with Crippen LogP contribution in [-0.2, 0) is 0 Å².